The molecule has 0 saturated carbocycles. The van der Waals surface area contributed by atoms with E-state index in [2.05, 4.69) is 42.3 Å². The van der Waals surface area contributed by atoms with Crippen LogP contribution >= 0.6 is 0 Å². The summed E-state index contributed by atoms with van der Waals surface area (Å²) in [6.45, 7) is 9.84. The zero-order valence-electron chi connectivity index (χ0n) is 13.8. The summed E-state index contributed by atoms with van der Waals surface area (Å²) in [7, 11) is 1.97. The number of hydrogen-bond acceptors (Lipinski definition) is 3. The molecule has 3 nitrogen and oxygen atoms in total. The van der Waals surface area contributed by atoms with Crippen molar-refractivity contribution in [2.45, 2.75) is 39.7 Å². The summed E-state index contributed by atoms with van der Waals surface area (Å²) in [6, 6.07) is 8.30. The molecule has 1 N–H and O–H groups in total. The number of ether oxygens (including phenoxy) is 1. The van der Waals surface area contributed by atoms with Gasteiger partial charge in [-0.25, -0.2) is 0 Å². The van der Waals surface area contributed by atoms with Gasteiger partial charge in [-0.3, -0.25) is 4.90 Å². The minimum absolute atomic E-state index is 0.566. The van der Waals surface area contributed by atoms with E-state index in [0.29, 0.717) is 5.41 Å². The van der Waals surface area contributed by atoms with E-state index in [9.17, 15) is 0 Å². The second kappa shape index (κ2) is 7.81. The van der Waals surface area contributed by atoms with E-state index in [-0.39, 0.29) is 0 Å². The molecule has 0 unspecified atom stereocenters. The van der Waals surface area contributed by atoms with E-state index in [1.165, 1.54) is 37.9 Å². The molecule has 0 amide bonds. The number of nitrogens with zero attached hydrogens (tertiary/aromatic N) is 1. The zero-order valence-corrected chi connectivity index (χ0v) is 13.8. The quantitative estimate of drug-likeness (QED) is 0.834. The standard InChI is InChI=1S/C18H30N2O/c1-4-18(2)9-11-20(12-10-18)13-14-21-17-8-6-5-7-16(17)15-19-3/h5-8,19H,4,9-15H2,1-3H3. The molecule has 1 heterocycles. The van der Waals surface area contributed by atoms with Crippen molar-refractivity contribution in [1.29, 1.82) is 0 Å². The van der Waals surface area contributed by atoms with Crippen LogP contribution in [-0.2, 0) is 6.54 Å². The van der Waals surface area contributed by atoms with Gasteiger partial charge in [-0.2, -0.15) is 0 Å². The smallest absolute Gasteiger partial charge is 0.123 e. The molecule has 1 aliphatic heterocycles. The van der Waals surface area contributed by atoms with Crippen LogP contribution in [-0.4, -0.2) is 38.2 Å². The highest BCUT2D eigenvalue weighted by Crippen LogP contribution is 2.33. The second-order valence-electron chi connectivity index (χ2n) is 6.49. The molecule has 1 aromatic rings. The number of nitrogens with one attached hydrogen (secondary N) is 1. The van der Waals surface area contributed by atoms with Crippen molar-refractivity contribution in [2.75, 3.05) is 33.3 Å². The van der Waals surface area contributed by atoms with Gasteiger partial charge < -0.3 is 10.1 Å². The van der Waals surface area contributed by atoms with E-state index < -0.39 is 0 Å². The summed E-state index contributed by atoms with van der Waals surface area (Å²) >= 11 is 0. The minimum atomic E-state index is 0.566. The summed E-state index contributed by atoms with van der Waals surface area (Å²) in [5.41, 5.74) is 1.80. The van der Waals surface area contributed by atoms with E-state index in [4.69, 9.17) is 4.74 Å². The van der Waals surface area contributed by atoms with E-state index in [1.54, 1.807) is 0 Å². The van der Waals surface area contributed by atoms with Crippen molar-refractivity contribution in [1.82, 2.24) is 10.2 Å². The predicted molar refractivity (Wildman–Crippen MR) is 88.8 cm³/mol. The van der Waals surface area contributed by atoms with Crippen molar-refractivity contribution < 1.29 is 4.74 Å². The van der Waals surface area contributed by atoms with E-state index >= 15 is 0 Å². The summed E-state index contributed by atoms with van der Waals surface area (Å²) < 4.78 is 5.99. The number of likely N-dealkylation sites (tertiary alicyclic amines) is 1. The SMILES string of the molecule is CCC1(C)CCN(CCOc2ccccc2CNC)CC1. The maximum atomic E-state index is 5.99. The Hall–Kier alpha value is -1.06. The largest absolute Gasteiger partial charge is 0.492 e. The van der Waals surface area contributed by atoms with Crippen molar-refractivity contribution in [3.63, 3.8) is 0 Å². The summed E-state index contributed by atoms with van der Waals surface area (Å²) in [4.78, 5) is 2.54. The van der Waals surface area contributed by atoms with Crippen LogP contribution in [0.15, 0.2) is 24.3 Å². The molecular weight excluding hydrogens is 260 g/mol. The Morgan fingerprint density at radius 3 is 2.62 bits per heavy atom. The first-order valence-corrected chi connectivity index (χ1v) is 8.24. The van der Waals surface area contributed by atoms with Crippen LogP contribution in [0, 0.1) is 5.41 Å². The van der Waals surface area contributed by atoms with Crippen LogP contribution in [0.25, 0.3) is 0 Å². The Morgan fingerprint density at radius 1 is 1.24 bits per heavy atom. The maximum absolute atomic E-state index is 5.99. The number of rotatable bonds is 7. The zero-order chi connectivity index (χ0) is 15.1. The number of para-hydroxylation sites is 1. The Balaban J connectivity index is 1.75. The first-order chi connectivity index (χ1) is 10.2. The van der Waals surface area contributed by atoms with Crippen LogP contribution in [0.4, 0.5) is 0 Å². The topological polar surface area (TPSA) is 24.5 Å². The maximum Gasteiger partial charge on any atom is 0.123 e. The van der Waals surface area contributed by atoms with Crippen molar-refractivity contribution >= 4 is 0 Å². The molecule has 0 aliphatic carbocycles. The van der Waals surface area contributed by atoms with Crippen LogP contribution in [0.5, 0.6) is 5.75 Å². The van der Waals surface area contributed by atoms with Gasteiger partial charge in [0.05, 0.1) is 0 Å². The Bertz CT molecular complexity index is 425. The highest BCUT2D eigenvalue weighted by atomic mass is 16.5. The van der Waals surface area contributed by atoms with Gasteiger partial charge in [-0.1, -0.05) is 38.5 Å². The molecule has 0 spiro atoms. The third-order valence-corrected chi connectivity index (χ3v) is 4.92. The summed E-state index contributed by atoms with van der Waals surface area (Å²) in [5, 5.41) is 3.19. The second-order valence-corrected chi connectivity index (χ2v) is 6.49. The molecule has 2 rings (SSSR count). The van der Waals surface area contributed by atoms with Crippen LogP contribution < -0.4 is 10.1 Å². The average molecular weight is 290 g/mol. The first kappa shape index (κ1) is 16.3. The van der Waals surface area contributed by atoms with Gasteiger partial charge in [-0.05, 0) is 44.5 Å². The van der Waals surface area contributed by atoms with Gasteiger partial charge in [0.1, 0.15) is 12.4 Å². The summed E-state index contributed by atoms with van der Waals surface area (Å²) in [5.74, 6) is 1.02. The molecule has 0 bridgehead atoms. The lowest BCUT2D eigenvalue weighted by molar-refractivity contribution is 0.101. The van der Waals surface area contributed by atoms with Crippen LogP contribution in [0.1, 0.15) is 38.7 Å². The molecular formula is C18H30N2O. The molecule has 0 atom stereocenters. The van der Waals surface area contributed by atoms with Gasteiger partial charge in [-0.15, -0.1) is 0 Å². The average Bonchev–Trinajstić information content (AvgIpc) is 2.51. The van der Waals surface area contributed by atoms with Crippen molar-refractivity contribution in [3.8, 4) is 5.75 Å². The fraction of sp³-hybridized carbons (Fsp3) is 0.667. The van der Waals surface area contributed by atoms with Crippen LogP contribution in [0.2, 0.25) is 0 Å². The summed E-state index contributed by atoms with van der Waals surface area (Å²) in [6.07, 6.45) is 3.94. The monoisotopic (exact) mass is 290 g/mol. The van der Waals surface area contributed by atoms with E-state index in [0.717, 1.165) is 25.4 Å². The molecule has 0 aromatic heterocycles. The number of benzene rings is 1. The molecule has 21 heavy (non-hydrogen) atoms. The molecule has 1 fully saturated rings. The molecule has 118 valence electrons. The Kier molecular flexibility index (Phi) is 6.07. The van der Waals surface area contributed by atoms with Gasteiger partial charge in [0, 0.05) is 18.7 Å². The fourth-order valence-electron chi connectivity index (χ4n) is 2.94. The van der Waals surface area contributed by atoms with Gasteiger partial charge in [0.25, 0.3) is 0 Å². The third kappa shape index (κ3) is 4.72. The molecule has 1 aromatic carbocycles. The number of hydrogen-bond donors (Lipinski definition) is 1. The highest BCUT2D eigenvalue weighted by Gasteiger charge is 2.27. The molecule has 3 heteroatoms. The Morgan fingerprint density at radius 2 is 1.95 bits per heavy atom. The lowest BCUT2D eigenvalue weighted by Gasteiger charge is -2.38. The lowest BCUT2D eigenvalue weighted by Crippen LogP contribution is -2.40. The predicted octanol–water partition coefficient (Wildman–Crippen LogP) is 3.30. The molecule has 0 radical (unpaired) electrons. The normalized spacial score (nSPS) is 18.6. The highest BCUT2D eigenvalue weighted by molar-refractivity contribution is 5.33. The minimum Gasteiger partial charge on any atom is -0.492 e. The fourth-order valence-corrected chi connectivity index (χ4v) is 2.94. The first-order valence-electron chi connectivity index (χ1n) is 8.24. The molecule has 1 saturated heterocycles. The molecule has 1 aliphatic rings. The van der Waals surface area contributed by atoms with E-state index in [1.807, 2.05) is 13.1 Å². The van der Waals surface area contributed by atoms with Gasteiger partial charge >= 0.3 is 0 Å². The third-order valence-electron chi connectivity index (χ3n) is 4.92. The number of piperidine rings is 1. The Labute approximate surface area is 129 Å². The van der Waals surface area contributed by atoms with Crippen molar-refractivity contribution in [2.24, 2.45) is 5.41 Å². The van der Waals surface area contributed by atoms with Crippen molar-refractivity contribution in [3.05, 3.63) is 29.8 Å². The van der Waals surface area contributed by atoms with Gasteiger partial charge in [0.15, 0.2) is 0 Å². The van der Waals surface area contributed by atoms with Crippen LogP contribution in [0.3, 0.4) is 0 Å². The lowest BCUT2D eigenvalue weighted by atomic mass is 9.78. The van der Waals surface area contributed by atoms with Gasteiger partial charge in [0.2, 0.25) is 0 Å².